The SMILES string of the molecule is COc1cnn(C(C)C)c1C(NN)c1cccc(F)c1. The number of benzene rings is 1. The van der Waals surface area contributed by atoms with Crippen LogP contribution in [0.3, 0.4) is 0 Å². The molecule has 0 aliphatic carbocycles. The van der Waals surface area contributed by atoms with Crippen LogP contribution in [0.15, 0.2) is 30.5 Å². The molecule has 2 aromatic rings. The lowest BCUT2D eigenvalue weighted by molar-refractivity contribution is 0.394. The molecule has 0 saturated heterocycles. The average Bonchev–Trinajstić information content (AvgIpc) is 2.84. The molecule has 0 aliphatic rings. The standard InChI is InChI=1S/C14H19FN4O/c1-9(2)19-14(12(20-3)8-17-19)13(18-16)10-5-4-6-11(15)7-10/h4-9,13,18H,16H2,1-3H3. The first kappa shape index (κ1) is 14.5. The maximum Gasteiger partial charge on any atom is 0.161 e. The summed E-state index contributed by atoms with van der Waals surface area (Å²) < 4.78 is 20.6. The third-order valence-electron chi connectivity index (χ3n) is 3.13. The minimum Gasteiger partial charge on any atom is -0.493 e. The predicted octanol–water partition coefficient (Wildman–Crippen LogP) is 2.16. The van der Waals surface area contributed by atoms with Crippen molar-refractivity contribution in [2.24, 2.45) is 5.84 Å². The van der Waals surface area contributed by atoms with Gasteiger partial charge in [0, 0.05) is 6.04 Å². The van der Waals surface area contributed by atoms with Gasteiger partial charge < -0.3 is 4.74 Å². The van der Waals surface area contributed by atoms with Crippen molar-refractivity contribution >= 4 is 0 Å². The topological polar surface area (TPSA) is 65.1 Å². The lowest BCUT2D eigenvalue weighted by Gasteiger charge is -2.21. The van der Waals surface area contributed by atoms with E-state index in [1.54, 1.807) is 19.4 Å². The molecule has 1 unspecified atom stereocenters. The van der Waals surface area contributed by atoms with E-state index in [0.717, 1.165) is 5.69 Å². The molecular weight excluding hydrogens is 259 g/mol. The fraction of sp³-hybridized carbons (Fsp3) is 0.357. The van der Waals surface area contributed by atoms with Crippen molar-refractivity contribution in [3.8, 4) is 5.75 Å². The number of methoxy groups -OCH3 is 1. The van der Waals surface area contributed by atoms with Gasteiger partial charge in [0.05, 0.1) is 19.3 Å². The van der Waals surface area contributed by atoms with Crippen LogP contribution in [0.1, 0.15) is 37.2 Å². The Bertz CT molecular complexity index is 582. The average molecular weight is 278 g/mol. The minimum atomic E-state index is -0.398. The maximum atomic E-state index is 13.4. The molecule has 2 rings (SSSR count). The zero-order valence-corrected chi connectivity index (χ0v) is 11.8. The van der Waals surface area contributed by atoms with Gasteiger partial charge in [0.15, 0.2) is 5.75 Å². The zero-order valence-electron chi connectivity index (χ0n) is 11.8. The number of nitrogens with one attached hydrogen (secondary N) is 1. The third-order valence-corrected chi connectivity index (χ3v) is 3.13. The minimum absolute atomic E-state index is 0.137. The first-order valence-electron chi connectivity index (χ1n) is 6.41. The van der Waals surface area contributed by atoms with Crippen LogP contribution >= 0.6 is 0 Å². The van der Waals surface area contributed by atoms with E-state index >= 15 is 0 Å². The number of hydrogen-bond donors (Lipinski definition) is 2. The summed E-state index contributed by atoms with van der Waals surface area (Å²) >= 11 is 0. The van der Waals surface area contributed by atoms with Gasteiger partial charge in [-0.3, -0.25) is 10.5 Å². The summed E-state index contributed by atoms with van der Waals surface area (Å²) in [6, 6.07) is 6.04. The van der Waals surface area contributed by atoms with Gasteiger partial charge in [0.2, 0.25) is 0 Å². The Morgan fingerprint density at radius 2 is 2.15 bits per heavy atom. The summed E-state index contributed by atoms with van der Waals surface area (Å²) in [5, 5.41) is 4.31. The highest BCUT2D eigenvalue weighted by molar-refractivity contribution is 5.36. The van der Waals surface area contributed by atoms with E-state index in [2.05, 4.69) is 10.5 Å². The van der Waals surface area contributed by atoms with Gasteiger partial charge in [-0.05, 0) is 31.5 Å². The molecule has 0 radical (unpaired) electrons. The van der Waals surface area contributed by atoms with Gasteiger partial charge >= 0.3 is 0 Å². The second-order valence-corrected chi connectivity index (χ2v) is 4.79. The molecule has 20 heavy (non-hydrogen) atoms. The van der Waals surface area contributed by atoms with Crippen LogP contribution in [0.5, 0.6) is 5.75 Å². The zero-order chi connectivity index (χ0) is 14.7. The normalized spacial score (nSPS) is 12.7. The van der Waals surface area contributed by atoms with Crippen LogP contribution in [-0.4, -0.2) is 16.9 Å². The first-order valence-corrected chi connectivity index (χ1v) is 6.41. The van der Waals surface area contributed by atoms with Crippen molar-refractivity contribution in [2.75, 3.05) is 7.11 Å². The van der Waals surface area contributed by atoms with Crippen LogP contribution < -0.4 is 16.0 Å². The molecule has 1 heterocycles. The number of hydrazine groups is 1. The summed E-state index contributed by atoms with van der Waals surface area (Å²) in [7, 11) is 1.57. The predicted molar refractivity (Wildman–Crippen MR) is 74.7 cm³/mol. The Morgan fingerprint density at radius 3 is 2.70 bits per heavy atom. The Morgan fingerprint density at radius 1 is 1.40 bits per heavy atom. The van der Waals surface area contributed by atoms with Crippen LogP contribution in [0.25, 0.3) is 0 Å². The molecule has 108 valence electrons. The van der Waals surface area contributed by atoms with E-state index in [4.69, 9.17) is 10.6 Å². The quantitative estimate of drug-likeness (QED) is 0.650. The molecule has 1 aromatic heterocycles. The molecule has 0 bridgehead atoms. The van der Waals surface area contributed by atoms with Crippen molar-refractivity contribution < 1.29 is 9.13 Å². The molecule has 3 N–H and O–H groups in total. The van der Waals surface area contributed by atoms with Gasteiger partial charge in [-0.25, -0.2) is 9.82 Å². The number of ether oxygens (including phenoxy) is 1. The molecule has 5 nitrogen and oxygen atoms in total. The Hall–Kier alpha value is -1.92. The molecule has 1 atom stereocenters. The number of nitrogens with zero attached hydrogens (tertiary/aromatic N) is 2. The monoisotopic (exact) mass is 278 g/mol. The van der Waals surface area contributed by atoms with Crippen LogP contribution in [0.4, 0.5) is 4.39 Å². The smallest absolute Gasteiger partial charge is 0.161 e. The van der Waals surface area contributed by atoms with E-state index in [1.165, 1.54) is 12.1 Å². The van der Waals surface area contributed by atoms with Crippen molar-refractivity contribution in [1.29, 1.82) is 0 Å². The third kappa shape index (κ3) is 2.66. The van der Waals surface area contributed by atoms with Gasteiger partial charge in [0.25, 0.3) is 0 Å². The van der Waals surface area contributed by atoms with Crippen LogP contribution in [0, 0.1) is 5.82 Å². The van der Waals surface area contributed by atoms with Crippen LogP contribution in [0.2, 0.25) is 0 Å². The second kappa shape index (κ2) is 6.02. The number of rotatable bonds is 5. The fourth-order valence-corrected chi connectivity index (χ4v) is 2.22. The Balaban J connectivity index is 2.54. The number of halogens is 1. The van der Waals surface area contributed by atoms with E-state index in [1.807, 2.05) is 24.6 Å². The van der Waals surface area contributed by atoms with Crippen molar-refractivity contribution in [1.82, 2.24) is 15.2 Å². The second-order valence-electron chi connectivity index (χ2n) is 4.79. The highest BCUT2D eigenvalue weighted by Gasteiger charge is 2.24. The molecule has 0 amide bonds. The number of nitrogens with two attached hydrogens (primary N) is 1. The van der Waals surface area contributed by atoms with E-state index in [0.29, 0.717) is 11.3 Å². The highest BCUT2D eigenvalue weighted by Crippen LogP contribution is 2.31. The largest absolute Gasteiger partial charge is 0.493 e. The molecule has 6 heteroatoms. The summed E-state index contributed by atoms with van der Waals surface area (Å²) in [5.41, 5.74) is 4.20. The summed E-state index contributed by atoms with van der Waals surface area (Å²) in [4.78, 5) is 0. The lowest BCUT2D eigenvalue weighted by Crippen LogP contribution is -2.31. The van der Waals surface area contributed by atoms with E-state index in [9.17, 15) is 4.39 Å². The van der Waals surface area contributed by atoms with Crippen molar-refractivity contribution in [2.45, 2.75) is 25.9 Å². The molecule has 0 aliphatic heterocycles. The molecular formula is C14H19FN4O. The molecule has 0 fully saturated rings. The fourth-order valence-electron chi connectivity index (χ4n) is 2.22. The first-order chi connectivity index (χ1) is 9.58. The van der Waals surface area contributed by atoms with Crippen molar-refractivity contribution in [3.63, 3.8) is 0 Å². The Kier molecular flexibility index (Phi) is 4.36. The number of hydrogen-bond acceptors (Lipinski definition) is 4. The molecule has 0 spiro atoms. The Labute approximate surface area is 117 Å². The summed E-state index contributed by atoms with van der Waals surface area (Å²) in [5.74, 6) is 5.98. The van der Waals surface area contributed by atoms with Gasteiger partial charge in [-0.15, -0.1) is 0 Å². The number of aromatic nitrogens is 2. The van der Waals surface area contributed by atoms with Gasteiger partial charge in [-0.1, -0.05) is 12.1 Å². The van der Waals surface area contributed by atoms with Crippen LogP contribution in [-0.2, 0) is 0 Å². The molecule has 1 aromatic carbocycles. The molecule has 0 saturated carbocycles. The van der Waals surface area contributed by atoms with Crippen molar-refractivity contribution in [3.05, 3.63) is 47.5 Å². The summed E-state index contributed by atoms with van der Waals surface area (Å²) in [6.07, 6.45) is 1.64. The van der Waals surface area contributed by atoms with Gasteiger partial charge in [-0.2, -0.15) is 5.10 Å². The van der Waals surface area contributed by atoms with Gasteiger partial charge in [0.1, 0.15) is 11.5 Å². The van der Waals surface area contributed by atoms with E-state index < -0.39 is 6.04 Å². The summed E-state index contributed by atoms with van der Waals surface area (Å²) in [6.45, 7) is 4.02. The lowest BCUT2D eigenvalue weighted by atomic mass is 10.0. The van der Waals surface area contributed by atoms with E-state index in [-0.39, 0.29) is 11.9 Å². The maximum absolute atomic E-state index is 13.4. The highest BCUT2D eigenvalue weighted by atomic mass is 19.1.